The lowest BCUT2D eigenvalue weighted by molar-refractivity contribution is 0.532. The predicted molar refractivity (Wildman–Crippen MR) is 61.8 cm³/mol. The number of hydrogen-bond acceptors (Lipinski definition) is 3. The molecule has 1 aromatic rings. The Labute approximate surface area is 90.8 Å². The van der Waals surface area contributed by atoms with Gasteiger partial charge in [0.25, 0.3) is 0 Å². The van der Waals surface area contributed by atoms with E-state index in [1.165, 1.54) is 6.42 Å². The zero-order valence-corrected chi connectivity index (χ0v) is 9.48. The minimum absolute atomic E-state index is 0.377. The highest BCUT2D eigenvalue weighted by molar-refractivity contribution is 5.39. The zero-order valence-electron chi connectivity index (χ0n) is 9.48. The van der Waals surface area contributed by atoms with E-state index < -0.39 is 0 Å². The van der Waals surface area contributed by atoms with Gasteiger partial charge in [0.1, 0.15) is 0 Å². The van der Waals surface area contributed by atoms with Crippen molar-refractivity contribution in [2.24, 2.45) is 5.73 Å². The van der Waals surface area contributed by atoms with Gasteiger partial charge in [0, 0.05) is 24.3 Å². The molecule has 0 spiro atoms. The van der Waals surface area contributed by atoms with Crippen LogP contribution >= 0.6 is 0 Å². The van der Waals surface area contributed by atoms with Gasteiger partial charge >= 0.3 is 0 Å². The average molecular weight is 208 g/mol. The van der Waals surface area contributed by atoms with Gasteiger partial charge in [-0.1, -0.05) is 0 Å². The van der Waals surface area contributed by atoms with Gasteiger partial charge in [-0.25, -0.2) is 0 Å². The van der Waals surface area contributed by atoms with Gasteiger partial charge in [-0.2, -0.15) is 5.10 Å². The van der Waals surface area contributed by atoms with E-state index >= 15 is 0 Å². The maximum Gasteiger partial charge on any atom is 0.0728 e. The lowest BCUT2D eigenvalue weighted by Gasteiger charge is -2.11. The molecular formula is C11H20N4. The minimum Gasteiger partial charge on any atom is -0.380 e. The second-order valence-electron chi connectivity index (χ2n) is 4.72. The van der Waals surface area contributed by atoms with Crippen molar-refractivity contribution in [1.29, 1.82) is 0 Å². The van der Waals surface area contributed by atoms with Crippen molar-refractivity contribution in [3.05, 3.63) is 12.4 Å². The quantitative estimate of drug-likeness (QED) is 0.795. The predicted octanol–water partition coefficient (Wildman–Crippen LogP) is 1.76. The van der Waals surface area contributed by atoms with E-state index in [-0.39, 0.29) is 0 Å². The molecule has 1 heterocycles. The molecule has 1 saturated carbocycles. The number of nitrogens with zero attached hydrogens (tertiary/aromatic N) is 2. The molecule has 1 aromatic heterocycles. The summed E-state index contributed by atoms with van der Waals surface area (Å²) in [6, 6.07) is 1.33. The molecule has 84 valence electrons. The van der Waals surface area contributed by atoms with E-state index in [1.807, 2.05) is 10.9 Å². The van der Waals surface area contributed by atoms with Gasteiger partial charge in [-0.05, 0) is 33.1 Å². The van der Waals surface area contributed by atoms with Gasteiger partial charge in [0.2, 0.25) is 0 Å². The maximum absolute atomic E-state index is 5.87. The van der Waals surface area contributed by atoms with Crippen LogP contribution in [0.25, 0.3) is 0 Å². The van der Waals surface area contributed by atoms with Crippen molar-refractivity contribution in [2.45, 2.75) is 51.2 Å². The molecule has 0 radical (unpaired) electrons. The summed E-state index contributed by atoms with van der Waals surface area (Å²) in [5.41, 5.74) is 6.99. The van der Waals surface area contributed by atoms with Crippen LogP contribution in [0.2, 0.25) is 0 Å². The van der Waals surface area contributed by atoms with Crippen molar-refractivity contribution in [2.75, 3.05) is 5.32 Å². The number of rotatable bonds is 3. The third kappa shape index (κ3) is 2.50. The minimum atomic E-state index is 0.377. The van der Waals surface area contributed by atoms with Crippen LogP contribution in [0, 0.1) is 0 Å². The SMILES string of the molecule is CC(C)n1cc(NC2CCC(N)C2)cn1. The van der Waals surface area contributed by atoms with Crippen molar-refractivity contribution in [3.8, 4) is 0 Å². The van der Waals surface area contributed by atoms with Gasteiger partial charge in [0.05, 0.1) is 11.9 Å². The van der Waals surface area contributed by atoms with Gasteiger partial charge in [0.15, 0.2) is 0 Å². The smallest absolute Gasteiger partial charge is 0.0728 e. The molecule has 2 unspecified atom stereocenters. The van der Waals surface area contributed by atoms with Gasteiger partial charge in [-0.15, -0.1) is 0 Å². The van der Waals surface area contributed by atoms with Gasteiger partial charge < -0.3 is 11.1 Å². The van der Waals surface area contributed by atoms with Crippen LogP contribution in [0.1, 0.15) is 39.2 Å². The van der Waals surface area contributed by atoms with Crippen LogP contribution in [-0.4, -0.2) is 21.9 Å². The van der Waals surface area contributed by atoms with Crippen LogP contribution in [0.4, 0.5) is 5.69 Å². The molecule has 4 nitrogen and oxygen atoms in total. The zero-order chi connectivity index (χ0) is 10.8. The van der Waals surface area contributed by atoms with Crippen molar-refractivity contribution in [3.63, 3.8) is 0 Å². The molecular weight excluding hydrogens is 188 g/mol. The topological polar surface area (TPSA) is 55.9 Å². The first-order valence-electron chi connectivity index (χ1n) is 5.71. The first-order valence-corrected chi connectivity index (χ1v) is 5.71. The molecule has 1 aliphatic carbocycles. The molecule has 0 amide bonds. The fourth-order valence-electron chi connectivity index (χ4n) is 2.08. The first-order chi connectivity index (χ1) is 7.15. The van der Waals surface area contributed by atoms with Crippen LogP contribution in [0.5, 0.6) is 0 Å². The highest BCUT2D eigenvalue weighted by Crippen LogP contribution is 2.21. The molecule has 3 N–H and O–H groups in total. The van der Waals surface area contributed by atoms with E-state index in [1.54, 1.807) is 0 Å². The summed E-state index contributed by atoms with van der Waals surface area (Å²) in [6.07, 6.45) is 7.34. The Morgan fingerprint density at radius 2 is 2.33 bits per heavy atom. The molecule has 1 fully saturated rings. The summed E-state index contributed by atoms with van der Waals surface area (Å²) >= 11 is 0. The lowest BCUT2D eigenvalue weighted by Crippen LogP contribution is -2.20. The van der Waals surface area contributed by atoms with Crippen molar-refractivity contribution < 1.29 is 0 Å². The molecule has 4 heteroatoms. The summed E-state index contributed by atoms with van der Waals surface area (Å²) in [5, 5.41) is 7.78. The Kier molecular flexibility index (Phi) is 2.95. The third-order valence-corrected chi connectivity index (χ3v) is 2.97. The highest BCUT2D eigenvalue weighted by Gasteiger charge is 2.21. The first kappa shape index (κ1) is 10.5. The molecule has 2 rings (SSSR count). The van der Waals surface area contributed by atoms with Gasteiger partial charge in [-0.3, -0.25) is 4.68 Å². The second-order valence-corrected chi connectivity index (χ2v) is 4.72. The summed E-state index contributed by atoms with van der Waals surface area (Å²) in [7, 11) is 0. The highest BCUT2D eigenvalue weighted by atomic mass is 15.3. The molecule has 0 saturated heterocycles. The fourth-order valence-corrected chi connectivity index (χ4v) is 2.08. The summed E-state index contributed by atoms with van der Waals surface area (Å²) in [6.45, 7) is 4.25. The number of nitrogens with two attached hydrogens (primary N) is 1. The molecule has 0 bridgehead atoms. The van der Waals surface area contributed by atoms with Crippen LogP contribution in [-0.2, 0) is 0 Å². The number of hydrogen-bond donors (Lipinski definition) is 2. The summed E-state index contributed by atoms with van der Waals surface area (Å²) in [4.78, 5) is 0. The van der Waals surface area contributed by atoms with E-state index in [0.717, 1.165) is 18.5 Å². The Morgan fingerprint density at radius 3 is 2.87 bits per heavy atom. The van der Waals surface area contributed by atoms with E-state index in [4.69, 9.17) is 5.73 Å². The Hall–Kier alpha value is -1.03. The molecule has 2 atom stereocenters. The van der Waals surface area contributed by atoms with E-state index in [9.17, 15) is 0 Å². The molecule has 0 aromatic carbocycles. The third-order valence-electron chi connectivity index (χ3n) is 2.97. The van der Waals surface area contributed by atoms with Crippen molar-refractivity contribution in [1.82, 2.24) is 9.78 Å². The molecule has 15 heavy (non-hydrogen) atoms. The Balaban J connectivity index is 1.93. The normalized spacial score (nSPS) is 26.1. The largest absolute Gasteiger partial charge is 0.380 e. The fraction of sp³-hybridized carbons (Fsp3) is 0.727. The monoisotopic (exact) mass is 208 g/mol. The number of nitrogens with one attached hydrogen (secondary N) is 1. The number of anilines is 1. The Morgan fingerprint density at radius 1 is 1.53 bits per heavy atom. The van der Waals surface area contributed by atoms with Crippen molar-refractivity contribution >= 4 is 5.69 Å². The number of aromatic nitrogens is 2. The molecule has 0 aliphatic heterocycles. The lowest BCUT2D eigenvalue weighted by atomic mass is 10.2. The van der Waals surface area contributed by atoms with E-state index in [2.05, 4.69) is 30.5 Å². The van der Waals surface area contributed by atoms with Crippen LogP contribution < -0.4 is 11.1 Å². The standard InChI is InChI=1S/C11H20N4/c1-8(2)15-7-11(6-13-15)14-10-4-3-9(12)5-10/h6-10,14H,3-5,12H2,1-2H3. The van der Waals surface area contributed by atoms with Crippen LogP contribution in [0.3, 0.4) is 0 Å². The Bertz CT molecular complexity index is 318. The van der Waals surface area contributed by atoms with Crippen LogP contribution in [0.15, 0.2) is 12.4 Å². The average Bonchev–Trinajstić information content (AvgIpc) is 2.76. The van der Waals surface area contributed by atoms with E-state index in [0.29, 0.717) is 18.1 Å². The molecule has 1 aliphatic rings. The summed E-state index contributed by atoms with van der Waals surface area (Å²) < 4.78 is 1.97. The second kappa shape index (κ2) is 4.23. The summed E-state index contributed by atoms with van der Waals surface area (Å²) in [5.74, 6) is 0. The maximum atomic E-state index is 5.87.